The van der Waals surface area contributed by atoms with E-state index in [4.69, 9.17) is 10.5 Å². The maximum absolute atomic E-state index is 6.34. The monoisotopic (exact) mass is 239 g/mol. The minimum absolute atomic E-state index is 0.448. The van der Waals surface area contributed by atoms with E-state index in [0.29, 0.717) is 12.1 Å². The first-order valence-corrected chi connectivity index (χ1v) is 7.63. The lowest BCUT2D eigenvalue weighted by Gasteiger charge is -2.30. The van der Waals surface area contributed by atoms with Gasteiger partial charge in [-0.3, -0.25) is 0 Å². The fourth-order valence-electron chi connectivity index (χ4n) is 3.40. The molecule has 2 fully saturated rings. The maximum Gasteiger partial charge on any atom is 0.0576 e. The minimum atomic E-state index is 0.448. The van der Waals surface area contributed by atoms with Gasteiger partial charge in [0.05, 0.1) is 6.10 Å². The van der Waals surface area contributed by atoms with Gasteiger partial charge in [-0.15, -0.1) is 0 Å². The summed E-state index contributed by atoms with van der Waals surface area (Å²) in [5.41, 5.74) is 6.34. The minimum Gasteiger partial charge on any atom is -0.378 e. The molecule has 2 aliphatic rings. The molecule has 17 heavy (non-hydrogen) atoms. The standard InChI is InChI=1S/C15H29NO/c1-12-7-9-13(10-8-12)15(16)6-2-4-14-5-3-11-17-14/h12-15H,2-11,16H2,1H3. The summed E-state index contributed by atoms with van der Waals surface area (Å²) >= 11 is 0. The van der Waals surface area contributed by atoms with Crippen molar-refractivity contribution in [2.24, 2.45) is 17.6 Å². The summed E-state index contributed by atoms with van der Waals surface area (Å²) in [4.78, 5) is 0. The lowest BCUT2D eigenvalue weighted by atomic mass is 9.78. The Bertz CT molecular complexity index is 205. The second-order valence-electron chi connectivity index (χ2n) is 6.25. The van der Waals surface area contributed by atoms with Crippen molar-refractivity contribution in [2.75, 3.05) is 6.61 Å². The van der Waals surface area contributed by atoms with Gasteiger partial charge in [-0.2, -0.15) is 0 Å². The van der Waals surface area contributed by atoms with Gasteiger partial charge in [-0.25, -0.2) is 0 Å². The Balaban J connectivity index is 1.58. The van der Waals surface area contributed by atoms with Crippen molar-refractivity contribution in [1.29, 1.82) is 0 Å². The molecule has 0 aromatic carbocycles. The highest BCUT2D eigenvalue weighted by Gasteiger charge is 2.23. The van der Waals surface area contributed by atoms with Crippen LogP contribution in [0.3, 0.4) is 0 Å². The predicted molar refractivity (Wildman–Crippen MR) is 71.9 cm³/mol. The van der Waals surface area contributed by atoms with E-state index in [9.17, 15) is 0 Å². The molecule has 1 aliphatic carbocycles. The first-order chi connectivity index (χ1) is 8.25. The third-order valence-corrected chi connectivity index (χ3v) is 4.75. The van der Waals surface area contributed by atoms with E-state index in [1.807, 2.05) is 0 Å². The van der Waals surface area contributed by atoms with Gasteiger partial charge >= 0.3 is 0 Å². The molecule has 2 nitrogen and oxygen atoms in total. The van der Waals surface area contributed by atoms with Crippen LogP contribution in [0.25, 0.3) is 0 Å². The van der Waals surface area contributed by atoms with Gasteiger partial charge in [0.2, 0.25) is 0 Å². The van der Waals surface area contributed by atoms with Crippen LogP contribution in [0.4, 0.5) is 0 Å². The summed E-state index contributed by atoms with van der Waals surface area (Å²) in [7, 11) is 0. The molecule has 2 rings (SSSR count). The van der Waals surface area contributed by atoms with E-state index in [0.717, 1.165) is 18.4 Å². The van der Waals surface area contributed by atoms with Crippen molar-refractivity contribution >= 4 is 0 Å². The molecular formula is C15H29NO. The van der Waals surface area contributed by atoms with E-state index in [1.54, 1.807) is 0 Å². The Labute approximate surface area is 106 Å². The van der Waals surface area contributed by atoms with E-state index in [2.05, 4.69) is 6.92 Å². The van der Waals surface area contributed by atoms with Crippen LogP contribution < -0.4 is 5.73 Å². The molecule has 0 bridgehead atoms. The van der Waals surface area contributed by atoms with Crippen molar-refractivity contribution in [2.45, 2.75) is 76.9 Å². The Hall–Kier alpha value is -0.0800. The van der Waals surface area contributed by atoms with Crippen LogP contribution in [0.15, 0.2) is 0 Å². The third kappa shape index (κ3) is 4.26. The summed E-state index contributed by atoms with van der Waals surface area (Å²) in [6.07, 6.45) is 12.3. The van der Waals surface area contributed by atoms with Crippen LogP contribution in [0.5, 0.6) is 0 Å². The van der Waals surface area contributed by atoms with Crippen molar-refractivity contribution in [3.63, 3.8) is 0 Å². The first-order valence-electron chi connectivity index (χ1n) is 7.63. The second kappa shape index (κ2) is 6.75. The van der Waals surface area contributed by atoms with Crippen LogP contribution >= 0.6 is 0 Å². The largest absolute Gasteiger partial charge is 0.378 e. The Morgan fingerprint density at radius 2 is 1.94 bits per heavy atom. The lowest BCUT2D eigenvalue weighted by molar-refractivity contribution is 0.100. The van der Waals surface area contributed by atoms with Crippen LogP contribution in [0.2, 0.25) is 0 Å². The number of nitrogens with two attached hydrogens (primary N) is 1. The second-order valence-corrected chi connectivity index (χ2v) is 6.25. The summed E-state index contributed by atoms with van der Waals surface area (Å²) in [6, 6.07) is 0.448. The van der Waals surface area contributed by atoms with Gasteiger partial charge in [0.15, 0.2) is 0 Å². The van der Waals surface area contributed by atoms with Crippen LogP contribution in [0, 0.1) is 11.8 Å². The Kier molecular flexibility index (Phi) is 5.30. The normalized spacial score (nSPS) is 36.0. The molecule has 2 unspecified atom stereocenters. The molecule has 0 radical (unpaired) electrons. The van der Waals surface area contributed by atoms with Crippen molar-refractivity contribution in [3.8, 4) is 0 Å². The Morgan fingerprint density at radius 1 is 1.18 bits per heavy atom. The van der Waals surface area contributed by atoms with E-state index in [-0.39, 0.29) is 0 Å². The van der Waals surface area contributed by atoms with E-state index in [1.165, 1.54) is 57.8 Å². The topological polar surface area (TPSA) is 35.2 Å². The zero-order chi connectivity index (χ0) is 12.1. The van der Waals surface area contributed by atoms with Crippen molar-refractivity contribution in [3.05, 3.63) is 0 Å². The summed E-state index contributed by atoms with van der Waals surface area (Å²) in [5, 5.41) is 0. The molecular weight excluding hydrogens is 210 g/mol. The number of hydrogen-bond acceptors (Lipinski definition) is 2. The molecule has 1 saturated carbocycles. The zero-order valence-corrected chi connectivity index (χ0v) is 11.4. The molecule has 2 atom stereocenters. The first kappa shape index (κ1) is 13.4. The van der Waals surface area contributed by atoms with Crippen LogP contribution in [-0.4, -0.2) is 18.8 Å². The van der Waals surface area contributed by atoms with E-state index < -0.39 is 0 Å². The zero-order valence-electron chi connectivity index (χ0n) is 11.4. The summed E-state index contributed by atoms with van der Waals surface area (Å²) < 4.78 is 5.65. The highest BCUT2D eigenvalue weighted by molar-refractivity contribution is 4.79. The summed E-state index contributed by atoms with van der Waals surface area (Å²) in [6.45, 7) is 3.36. The van der Waals surface area contributed by atoms with Gasteiger partial charge in [0.25, 0.3) is 0 Å². The highest BCUT2D eigenvalue weighted by atomic mass is 16.5. The molecule has 0 aromatic rings. The summed E-state index contributed by atoms with van der Waals surface area (Å²) in [5.74, 6) is 1.74. The Morgan fingerprint density at radius 3 is 2.59 bits per heavy atom. The molecule has 0 spiro atoms. The molecule has 100 valence electrons. The molecule has 1 heterocycles. The molecule has 0 aromatic heterocycles. The van der Waals surface area contributed by atoms with Crippen LogP contribution in [0.1, 0.15) is 64.7 Å². The fourth-order valence-corrected chi connectivity index (χ4v) is 3.40. The van der Waals surface area contributed by atoms with Crippen molar-refractivity contribution in [1.82, 2.24) is 0 Å². The van der Waals surface area contributed by atoms with Gasteiger partial charge in [0, 0.05) is 12.6 Å². The van der Waals surface area contributed by atoms with Gasteiger partial charge in [-0.05, 0) is 56.8 Å². The highest BCUT2D eigenvalue weighted by Crippen LogP contribution is 2.31. The van der Waals surface area contributed by atoms with Crippen molar-refractivity contribution < 1.29 is 4.74 Å². The smallest absolute Gasteiger partial charge is 0.0576 e. The number of hydrogen-bond donors (Lipinski definition) is 1. The predicted octanol–water partition coefficient (Wildman–Crippen LogP) is 3.49. The van der Waals surface area contributed by atoms with E-state index >= 15 is 0 Å². The average molecular weight is 239 g/mol. The molecule has 1 saturated heterocycles. The fraction of sp³-hybridized carbons (Fsp3) is 1.00. The molecule has 2 heteroatoms. The lowest BCUT2D eigenvalue weighted by Crippen LogP contribution is -2.32. The van der Waals surface area contributed by atoms with Gasteiger partial charge in [0.1, 0.15) is 0 Å². The molecule has 2 N–H and O–H groups in total. The van der Waals surface area contributed by atoms with Crippen LogP contribution in [-0.2, 0) is 4.74 Å². The van der Waals surface area contributed by atoms with Gasteiger partial charge < -0.3 is 10.5 Å². The third-order valence-electron chi connectivity index (χ3n) is 4.75. The SMILES string of the molecule is CC1CCC(C(N)CCCC2CCCO2)CC1. The molecule has 0 amide bonds. The number of rotatable bonds is 5. The average Bonchev–Trinajstić information content (AvgIpc) is 2.83. The van der Waals surface area contributed by atoms with Gasteiger partial charge in [-0.1, -0.05) is 19.8 Å². The maximum atomic E-state index is 6.34. The molecule has 1 aliphatic heterocycles. The quantitative estimate of drug-likeness (QED) is 0.797. The number of ether oxygens (including phenoxy) is 1.